The highest BCUT2D eigenvalue weighted by molar-refractivity contribution is 5.57. The van der Waals surface area contributed by atoms with Gasteiger partial charge in [0, 0.05) is 24.8 Å². The lowest BCUT2D eigenvalue weighted by molar-refractivity contribution is -0.144. The SMILES string of the molecule is Cc1ncccc1OC(O)N1CCC(n2cc(-c3cccc(F)c3)nn2)CC1. The topological polar surface area (TPSA) is 76.3 Å². The lowest BCUT2D eigenvalue weighted by atomic mass is 10.1. The number of benzene rings is 1. The van der Waals surface area contributed by atoms with Gasteiger partial charge < -0.3 is 9.84 Å². The number of aliphatic hydroxyl groups excluding tert-OH is 1. The van der Waals surface area contributed by atoms with E-state index < -0.39 is 6.41 Å². The van der Waals surface area contributed by atoms with Crippen LogP contribution in [0.3, 0.4) is 0 Å². The molecule has 1 fully saturated rings. The van der Waals surface area contributed by atoms with E-state index in [1.807, 2.05) is 28.8 Å². The fraction of sp³-hybridized carbons (Fsp3) is 0.350. The van der Waals surface area contributed by atoms with Crippen LogP contribution in [0.25, 0.3) is 11.3 Å². The summed E-state index contributed by atoms with van der Waals surface area (Å²) in [7, 11) is 0. The molecular formula is C20H22FN5O2. The molecule has 8 heteroatoms. The third-order valence-corrected chi connectivity index (χ3v) is 5.01. The molecule has 3 aromatic rings. The number of likely N-dealkylation sites (tertiary alicyclic amines) is 1. The molecule has 28 heavy (non-hydrogen) atoms. The van der Waals surface area contributed by atoms with Crippen LogP contribution in [0.15, 0.2) is 48.8 Å². The largest absolute Gasteiger partial charge is 0.449 e. The van der Waals surface area contributed by atoms with E-state index in [0.717, 1.165) is 18.5 Å². The fourth-order valence-electron chi connectivity index (χ4n) is 3.39. The maximum atomic E-state index is 13.4. The minimum atomic E-state index is -1.01. The van der Waals surface area contributed by atoms with Crippen LogP contribution in [0.1, 0.15) is 24.6 Å². The van der Waals surface area contributed by atoms with Gasteiger partial charge in [-0.3, -0.25) is 4.98 Å². The van der Waals surface area contributed by atoms with Crippen molar-refractivity contribution in [3.63, 3.8) is 0 Å². The molecule has 1 aliphatic heterocycles. The normalized spacial score (nSPS) is 16.8. The summed E-state index contributed by atoms with van der Waals surface area (Å²) in [6.07, 6.45) is 4.14. The summed E-state index contributed by atoms with van der Waals surface area (Å²) in [6.45, 7) is 3.18. The number of hydrogen-bond acceptors (Lipinski definition) is 6. The number of ether oxygens (including phenoxy) is 1. The summed E-state index contributed by atoms with van der Waals surface area (Å²) < 4.78 is 20.9. The van der Waals surface area contributed by atoms with Crippen LogP contribution in [0, 0.1) is 12.7 Å². The number of halogens is 1. The van der Waals surface area contributed by atoms with E-state index in [0.29, 0.717) is 30.1 Å². The second-order valence-corrected chi connectivity index (χ2v) is 6.89. The molecule has 146 valence electrons. The maximum absolute atomic E-state index is 13.4. The Morgan fingerprint density at radius 2 is 2.04 bits per heavy atom. The standard InChI is InChI=1S/C20H22FN5O2/c1-14-19(6-3-9-22-14)28-20(27)25-10-7-17(8-11-25)26-13-18(23-24-26)15-4-2-5-16(21)12-15/h2-6,9,12-13,17,20,27H,7-8,10-11H2,1H3. The number of aliphatic hydroxyl groups is 1. The molecule has 0 saturated carbocycles. The summed E-state index contributed by atoms with van der Waals surface area (Å²) in [5.74, 6) is 0.284. The predicted molar refractivity (Wildman–Crippen MR) is 101 cm³/mol. The minimum absolute atomic E-state index is 0.179. The van der Waals surface area contributed by atoms with Gasteiger partial charge in [-0.1, -0.05) is 17.3 Å². The van der Waals surface area contributed by atoms with Crippen molar-refractivity contribution in [3.8, 4) is 17.0 Å². The predicted octanol–water partition coefficient (Wildman–Crippen LogP) is 2.78. The molecule has 0 bridgehead atoms. The van der Waals surface area contributed by atoms with E-state index in [1.54, 1.807) is 24.4 Å². The molecule has 1 N–H and O–H groups in total. The third-order valence-electron chi connectivity index (χ3n) is 5.01. The average molecular weight is 383 g/mol. The molecule has 1 saturated heterocycles. The molecule has 3 heterocycles. The van der Waals surface area contributed by atoms with Crippen LogP contribution in [0.5, 0.6) is 5.75 Å². The zero-order valence-corrected chi connectivity index (χ0v) is 15.6. The van der Waals surface area contributed by atoms with Crippen molar-refractivity contribution >= 4 is 0 Å². The Labute approximate surface area is 162 Å². The molecule has 1 unspecified atom stereocenters. The number of nitrogens with zero attached hydrogens (tertiary/aromatic N) is 5. The highest BCUT2D eigenvalue weighted by Crippen LogP contribution is 2.26. The van der Waals surface area contributed by atoms with Gasteiger partial charge in [0.2, 0.25) is 0 Å². The Balaban J connectivity index is 1.36. The molecule has 0 radical (unpaired) electrons. The van der Waals surface area contributed by atoms with Crippen LogP contribution < -0.4 is 4.74 Å². The van der Waals surface area contributed by atoms with Gasteiger partial charge in [0.25, 0.3) is 6.41 Å². The van der Waals surface area contributed by atoms with Gasteiger partial charge in [-0.15, -0.1) is 5.10 Å². The number of aryl methyl sites for hydroxylation is 1. The van der Waals surface area contributed by atoms with Crippen molar-refractivity contribution in [1.29, 1.82) is 0 Å². The van der Waals surface area contributed by atoms with E-state index in [2.05, 4.69) is 15.3 Å². The molecule has 7 nitrogen and oxygen atoms in total. The molecule has 0 amide bonds. The molecule has 0 aliphatic carbocycles. The van der Waals surface area contributed by atoms with Crippen molar-refractivity contribution in [2.45, 2.75) is 32.2 Å². The van der Waals surface area contributed by atoms with Crippen LogP contribution in [0.4, 0.5) is 4.39 Å². The van der Waals surface area contributed by atoms with Gasteiger partial charge in [-0.2, -0.15) is 0 Å². The van der Waals surface area contributed by atoms with Crippen LogP contribution in [0.2, 0.25) is 0 Å². The smallest absolute Gasteiger partial charge is 0.259 e. The van der Waals surface area contributed by atoms with Crippen molar-refractivity contribution < 1.29 is 14.2 Å². The maximum Gasteiger partial charge on any atom is 0.259 e. The Morgan fingerprint density at radius 3 is 2.79 bits per heavy atom. The number of aromatic nitrogens is 4. The first-order chi connectivity index (χ1) is 13.6. The van der Waals surface area contributed by atoms with Crippen molar-refractivity contribution in [2.75, 3.05) is 13.1 Å². The Hall–Kier alpha value is -2.84. The van der Waals surface area contributed by atoms with E-state index >= 15 is 0 Å². The zero-order chi connectivity index (χ0) is 19.5. The average Bonchev–Trinajstić information content (AvgIpc) is 3.20. The van der Waals surface area contributed by atoms with Gasteiger partial charge >= 0.3 is 0 Å². The van der Waals surface area contributed by atoms with E-state index in [1.165, 1.54) is 12.1 Å². The fourth-order valence-corrected chi connectivity index (χ4v) is 3.39. The minimum Gasteiger partial charge on any atom is -0.449 e. The summed E-state index contributed by atoms with van der Waals surface area (Å²) in [4.78, 5) is 6.05. The van der Waals surface area contributed by atoms with Crippen molar-refractivity contribution in [2.24, 2.45) is 0 Å². The van der Waals surface area contributed by atoms with Gasteiger partial charge in [0.1, 0.15) is 17.3 Å². The van der Waals surface area contributed by atoms with Crippen LogP contribution >= 0.6 is 0 Å². The summed E-state index contributed by atoms with van der Waals surface area (Å²) in [5.41, 5.74) is 2.10. The highest BCUT2D eigenvalue weighted by atomic mass is 19.1. The van der Waals surface area contributed by atoms with E-state index in [4.69, 9.17) is 4.74 Å². The third kappa shape index (κ3) is 4.02. The molecule has 1 aliphatic rings. The molecule has 4 rings (SSSR count). The van der Waals surface area contributed by atoms with Crippen molar-refractivity contribution in [3.05, 3.63) is 60.3 Å². The lowest BCUT2D eigenvalue weighted by Crippen LogP contribution is -2.44. The molecular weight excluding hydrogens is 361 g/mol. The zero-order valence-electron chi connectivity index (χ0n) is 15.6. The van der Waals surface area contributed by atoms with E-state index in [-0.39, 0.29) is 11.9 Å². The number of rotatable bonds is 5. The monoisotopic (exact) mass is 383 g/mol. The summed E-state index contributed by atoms with van der Waals surface area (Å²) in [6, 6.07) is 10.1. The van der Waals surface area contributed by atoms with Gasteiger partial charge in [-0.25, -0.2) is 14.0 Å². The Morgan fingerprint density at radius 1 is 1.21 bits per heavy atom. The quantitative estimate of drug-likeness (QED) is 0.683. The first kappa shape index (κ1) is 18.5. The summed E-state index contributed by atoms with van der Waals surface area (Å²) >= 11 is 0. The van der Waals surface area contributed by atoms with Gasteiger partial charge in [0.05, 0.1) is 17.9 Å². The Kier molecular flexibility index (Phi) is 5.31. The first-order valence-electron chi connectivity index (χ1n) is 9.28. The summed E-state index contributed by atoms with van der Waals surface area (Å²) in [5, 5.41) is 18.8. The molecule has 1 aromatic carbocycles. The first-order valence-corrected chi connectivity index (χ1v) is 9.28. The van der Waals surface area contributed by atoms with Gasteiger partial charge in [0.15, 0.2) is 0 Å². The molecule has 1 atom stereocenters. The molecule has 0 spiro atoms. The van der Waals surface area contributed by atoms with E-state index in [9.17, 15) is 9.50 Å². The van der Waals surface area contributed by atoms with Gasteiger partial charge in [-0.05, 0) is 44.0 Å². The lowest BCUT2D eigenvalue weighted by Gasteiger charge is -2.34. The number of pyridine rings is 1. The molecule has 2 aromatic heterocycles. The second-order valence-electron chi connectivity index (χ2n) is 6.89. The second kappa shape index (κ2) is 8.04. The number of hydrogen-bond donors (Lipinski definition) is 1. The number of piperidine rings is 1. The highest BCUT2D eigenvalue weighted by Gasteiger charge is 2.27. The van der Waals surface area contributed by atoms with Crippen LogP contribution in [-0.4, -0.2) is 49.5 Å². The Bertz CT molecular complexity index is 940. The van der Waals surface area contributed by atoms with Crippen molar-refractivity contribution in [1.82, 2.24) is 24.9 Å². The van der Waals surface area contributed by atoms with Crippen LogP contribution in [-0.2, 0) is 0 Å².